The van der Waals surface area contributed by atoms with Gasteiger partial charge in [0.2, 0.25) is 0 Å². The molecule has 0 aliphatic rings. The average molecular weight is 421 g/mol. The molecule has 128 valence electrons. The van der Waals surface area contributed by atoms with Gasteiger partial charge in [-0.05, 0) is 30.3 Å². The third-order valence-corrected chi connectivity index (χ3v) is 5.43. The van der Waals surface area contributed by atoms with Crippen LogP contribution in [-0.2, 0) is 14.8 Å². The highest BCUT2D eigenvalue weighted by Crippen LogP contribution is 2.27. The molecule has 0 bridgehead atoms. The van der Waals surface area contributed by atoms with Crippen molar-refractivity contribution in [2.45, 2.75) is 4.90 Å². The van der Waals surface area contributed by atoms with Crippen molar-refractivity contribution in [1.82, 2.24) is 4.98 Å². The van der Waals surface area contributed by atoms with E-state index in [9.17, 15) is 13.2 Å². The first kappa shape index (κ1) is 17.4. The van der Waals surface area contributed by atoms with E-state index < -0.39 is 16.0 Å². The summed E-state index contributed by atoms with van der Waals surface area (Å²) in [6, 6.07) is 13.1. The molecule has 0 fully saturated rings. The lowest BCUT2D eigenvalue weighted by Gasteiger charge is -2.13. The predicted octanol–water partition coefficient (Wildman–Crippen LogP) is 3.58. The van der Waals surface area contributed by atoms with Gasteiger partial charge in [0.15, 0.2) is 0 Å². The van der Waals surface area contributed by atoms with Crippen LogP contribution in [0.1, 0.15) is 10.4 Å². The molecule has 0 saturated heterocycles. The number of hydrogen-bond acceptors (Lipinski definition) is 5. The number of nitrogens with zero attached hydrogens (tertiary/aromatic N) is 1. The highest BCUT2D eigenvalue weighted by atomic mass is 79.9. The minimum absolute atomic E-state index is 0.0578. The summed E-state index contributed by atoms with van der Waals surface area (Å²) >= 11 is 3.23. The summed E-state index contributed by atoms with van der Waals surface area (Å²) < 4.78 is 33.4. The molecule has 6 nitrogen and oxygen atoms in total. The van der Waals surface area contributed by atoms with Gasteiger partial charge in [0.25, 0.3) is 10.0 Å². The van der Waals surface area contributed by atoms with E-state index in [1.165, 1.54) is 19.2 Å². The molecule has 8 heteroatoms. The van der Waals surface area contributed by atoms with E-state index in [4.69, 9.17) is 0 Å². The molecule has 0 unspecified atom stereocenters. The molecule has 0 spiro atoms. The number of para-hydroxylation sites is 1. The van der Waals surface area contributed by atoms with Crippen LogP contribution in [0.25, 0.3) is 10.9 Å². The van der Waals surface area contributed by atoms with E-state index in [0.717, 1.165) is 5.39 Å². The van der Waals surface area contributed by atoms with Crippen molar-refractivity contribution in [2.24, 2.45) is 0 Å². The van der Waals surface area contributed by atoms with Gasteiger partial charge in [-0.15, -0.1) is 0 Å². The van der Waals surface area contributed by atoms with Gasteiger partial charge in [-0.2, -0.15) is 0 Å². The number of sulfonamides is 1. The van der Waals surface area contributed by atoms with Gasteiger partial charge in [0.1, 0.15) is 4.90 Å². The molecule has 0 radical (unpaired) electrons. The Balaban J connectivity index is 2.10. The fourth-order valence-corrected chi connectivity index (χ4v) is 4.00. The maximum Gasteiger partial charge on any atom is 0.339 e. The Labute approximate surface area is 153 Å². The standard InChI is InChI=1S/C17H13BrN2O4S/c1-24-17(21)13-10-12(18)7-8-15(13)25(22,23)20-14-6-2-4-11-5-3-9-19-16(11)14/h2-10,20H,1H3. The van der Waals surface area contributed by atoms with Gasteiger partial charge in [0, 0.05) is 16.1 Å². The van der Waals surface area contributed by atoms with Crippen LogP contribution in [0.5, 0.6) is 0 Å². The Kier molecular flexibility index (Phi) is 4.73. The quantitative estimate of drug-likeness (QED) is 0.651. The van der Waals surface area contributed by atoms with Crippen molar-refractivity contribution < 1.29 is 17.9 Å². The molecule has 1 heterocycles. The average Bonchev–Trinajstić information content (AvgIpc) is 2.61. The van der Waals surface area contributed by atoms with Crippen molar-refractivity contribution in [3.63, 3.8) is 0 Å². The monoisotopic (exact) mass is 420 g/mol. The third kappa shape index (κ3) is 3.49. The molecule has 3 aromatic rings. The molecule has 0 aliphatic heterocycles. The number of nitrogens with one attached hydrogen (secondary N) is 1. The fourth-order valence-electron chi connectivity index (χ4n) is 2.39. The second-order valence-corrected chi connectivity index (χ2v) is 7.68. The van der Waals surface area contributed by atoms with E-state index in [2.05, 4.69) is 30.4 Å². The maximum atomic E-state index is 12.8. The smallest absolute Gasteiger partial charge is 0.339 e. The van der Waals surface area contributed by atoms with E-state index in [0.29, 0.717) is 15.7 Å². The molecular weight excluding hydrogens is 408 g/mol. The van der Waals surface area contributed by atoms with Gasteiger partial charge in [-0.25, -0.2) is 13.2 Å². The number of fused-ring (bicyclic) bond motifs is 1. The van der Waals surface area contributed by atoms with Gasteiger partial charge < -0.3 is 4.74 Å². The molecule has 1 aromatic heterocycles. The Bertz CT molecular complexity index is 1060. The molecular formula is C17H13BrN2O4S. The van der Waals surface area contributed by atoms with Crippen molar-refractivity contribution in [2.75, 3.05) is 11.8 Å². The lowest BCUT2D eigenvalue weighted by atomic mass is 10.2. The SMILES string of the molecule is COC(=O)c1cc(Br)ccc1S(=O)(=O)Nc1cccc2cccnc12. The second-order valence-electron chi connectivity index (χ2n) is 5.12. The first-order valence-corrected chi connectivity index (χ1v) is 9.44. The number of halogens is 1. The first-order chi connectivity index (χ1) is 11.9. The molecule has 3 rings (SSSR count). The molecule has 1 N–H and O–H groups in total. The first-order valence-electron chi connectivity index (χ1n) is 7.17. The highest BCUT2D eigenvalue weighted by molar-refractivity contribution is 9.10. The normalized spacial score (nSPS) is 11.3. The highest BCUT2D eigenvalue weighted by Gasteiger charge is 2.24. The summed E-state index contributed by atoms with van der Waals surface area (Å²) in [5, 5.41) is 0.798. The topological polar surface area (TPSA) is 85.4 Å². The zero-order valence-electron chi connectivity index (χ0n) is 13.1. The summed E-state index contributed by atoms with van der Waals surface area (Å²) in [7, 11) is -2.82. The van der Waals surface area contributed by atoms with E-state index >= 15 is 0 Å². The Morgan fingerprint density at radius 3 is 2.68 bits per heavy atom. The second kappa shape index (κ2) is 6.81. The summed E-state index contributed by atoms with van der Waals surface area (Å²) in [6.07, 6.45) is 1.58. The minimum Gasteiger partial charge on any atom is -0.465 e. The van der Waals surface area contributed by atoms with Crippen LogP contribution in [0, 0.1) is 0 Å². The summed E-state index contributed by atoms with van der Waals surface area (Å²) in [5.74, 6) is -0.738. The number of aromatic nitrogens is 1. The number of esters is 1. The number of methoxy groups -OCH3 is 1. The Morgan fingerprint density at radius 1 is 1.16 bits per heavy atom. The molecule has 0 aliphatic carbocycles. The summed E-state index contributed by atoms with van der Waals surface area (Å²) in [4.78, 5) is 16.0. The molecule has 0 atom stereocenters. The maximum absolute atomic E-state index is 12.8. The number of ether oxygens (including phenoxy) is 1. The number of rotatable bonds is 4. The number of carbonyl (C=O) groups excluding carboxylic acids is 1. The predicted molar refractivity (Wildman–Crippen MR) is 98.0 cm³/mol. The van der Waals surface area contributed by atoms with Crippen LogP contribution >= 0.6 is 15.9 Å². The molecule has 25 heavy (non-hydrogen) atoms. The van der Waals surface area contributed by atoms with Crippen molar-refractivity contribution in [3.8, 4) is 0 Å². The lowest BCUT2D eigenvalue weighted by molar-refractivity contribution is 0.0596. The van der Waals surface area contributed by atoms with Gasteiger partial charge >= 0.3 is 5.97 Å². The largest absolute Gasteiger partial charge is 0.465 e. The molecule has 0 amide bonds. The molecule has 0 saturated carbocycles. The number of pyridine rings is 1. The Hall–Kier alpha value is -2.45. The molecule has 2 aromatic carbocycles. The third-order valence-electron chi connectivity index (χ3n) is 3.51. The Morgan fingerprint density at radius 2 is 1.92 bits per heavy atom. The zero-order valence-corrected chi connectivity index (χ0v) is 15.5. The summed E-state index contributed by atoms with van der Waals surface area (Å²) in [5.41, 5.74) is 0.791. The van der Waals surface area contributed by atoms with Crippen LogP contribution in [0.3, 0.4) is 0 Å². The summed E-state index contributed by atoms with van der Waals surface area (Å²) in [6.45, 7) is 0. The van der Waals surface area contributed by atoms with E-state index in [1.807, 2.05) is 12.1 Å². The van der Waals surface area contributed by atoms with Crippen molar-refractivity contribution in [3.05, 3.63) is 64.8 Å². The van der Waals surface area contributed by atoms with Crippen LogP contribution < -0.4 is 4.72 Å². The lowest BCUT2D eigenvalue weighted by Crippen LogP contribution is -2.18. The van der Waals surface area contributed by atoms with Gasteiger partial charge in [0.05, 0.1) is 23.9 Å². The van der Waals surface area contributed by atoms with Crippen LogP contribution in [-0.4, -0.2) is 26.5 Å². The van der Waals surface area contributed by atoms with E-state index in [-0.39, 0.29) is 10.5 Å². The van der Waals surface area contributed by atoms with Crippen LogP contribution in [0.4, 0.5) is 5.69 Å². The van der Waals surface area contributed by atoms with Gasteiger partial charge in [-0.1, -0.05) is 34.1 Å². The van der Waals surface area contributed by atoms with Crippen molar-refractivity contribution in [1.29, 1.82) is 0 Å². The van der Waals surface area contributed by atoms with Crippen molar-refractivity contribution >= 4 is 48.5 Å². The fraction of sp³-hybridized carbons (Fsp3) is 0.0588. The number of benzene rings is 2. The van der Waals surface area contributed by atoms with Gasteiger partial charge in [-0.3, -0.25) is 9.71 Å². The van der Waals surface area contributed by atoms with Crippen LogP contribution in [0.15, 0.2) is 64.1 Å². The number of anilines is 1. The zero-order chi connectivity index (χ0) is 18.0. The number of hydrogen-bond donors (Lipinski definition) is 1. The minimum atomic E-state index is -4.02. The van der Waals surface area contributed by atoms with Crippen LogP contribution in [0.2, 0.25) is 0 Å². The van der Waals surface area contributed by atoms with E-state index in [1.54, 1.807) is 30.5 Å². The number of carbonyl (C=O) groups is 1.